The van der Waals surface area contributed by atoms with Gasteiger partial charge in [0.25, 0.3) is 0 Å². The fourth-order valence-corrected chi connectivity index (χ4v) is 2.89. The predicted octanol–water partition coefficient (Wildman–Crippen LogP) is 3.80. The number of carbonyl (C=O) groups is 2. The summed E-state index contributed by atoms with van der Waals surface area (Å²) in [6.07, 6.45) is -4.51. The summed E-state index contributed by atoms with van der Waals surface area (Å²) in [6.45, 7) is 1.56. The SMILES string of the molecule is CCC(CNC(=O)Cc1cccc(C(F)(F)F)c1)(C(=O)O)c1ccccc1. The molecule has 0 spiro atoms. The maximum absolute atomic E-state index is 12.8. The highest BCUT2D eigenvalue weighted by Gasteiger charge is 2.39. The van der Waals surface area contributed by atoms with Crippen molar-refractivity contribution in [1.29, 1.82) is 0 Å². The van der Waals surface area contributed by atoms with E-state index in [0.717, 1.165) is 12.1 Å². The first-order valence-corrected chi connectivity index (χ1v) is 8.41. The molecule has 0 saturated heterocycles. The van der Waals surface area contributed by atoms with E-state index in [9.17, 15) is 27.9 Å². The lowest BCUT2D eigenvalue weighted by molar-refractivity contribution is -0.144. The summed E-state index contributed by atoms with van der Waals surface area (Å²) in [5, 5.41) is 12.3. The second kappa shape index (κ2) is 8.24. The van der Waals surface area contributed by atoms with Crippen LogP contribution in [0.5, 0.6) is 0 Å². The number of amides is 1. The van der Waals surface area contributed by atoms with Gasteiger partial charge in [-0.05, 0) is 23.6 Å². The molecule has 0 radical (unpaired) electrons. The van der Waals surface area contributed by atoms with Crippen LogP contribution in [0.4, 0.5) is 13.2 Å². The summed E-state index contributed by atoms with van der Waals surface area (Å²) in [7, 11) is 0. The number of carboxylic acid groups (broad SMARTS) is 1. The second-order valence-corrected chi connectivity index (χ2v) is 6.26. The van der Waals surface area contributed by atoms with Gasteiger partial charge in [0.15, 0.2) is 0 Å². The summed E-state index contributed by atoms with van der Waals surface area (Å²) < 4.78 is 38.3. The second-order valence-electron chi connectivity index (χ2n) is 6.26. The number of carbonyl (C=O) groups excluding carboxylic acids is 1. The van der Waals surface area contributed by atoms with Crippen LogP contribution in [-0.2, 0) is 27.6 Å². The van der Waals surface area contributed by atoms with Crippen molar-refractivity contribution < 1.29 is 27.9 Å². The summed E-state index contributed by atoms with van der Waals surface area (Å²) in [6, 6.07) is 13.1. The van der Waals surface area contributed by atoms with E-state index in [1.165, 1.54) is 12.1 Å². The molecule has 2 N–H and O–H groups in total. The summed E-state index contributed by atoms with van der Waals surface area (Å²) in [5.74, 6) is -1.61. The molecule has 1 amide bonds. The van der Waals surface area contributed by atoms with E-state index in [1.807, 2.05) is 0 Å². The van der Waals surface area contributed by atoms with Crippen molar-refractivity contribution >= 4 is 11.9 Å². The summed E-state index contributed by atoms with van der Waals surface area (Å²) in [4.78, 5) is 24.1. The molecule has 0 aromatic heterocycles. The van der Waals surface area contributed by atoms with Gasteiger partial charge in [-0.15, -0.1) is 0 Å². The Labute approximate surface area is 155 Å². The Morgan fingerprint density at radius 3 is 2.19 bits per heavy atom. The minimum Gasteiger partial charge on any atom is -0.481 e. The van der Waals surface area contributed by atoms with Gasteiger partial charge >= 0.3 is 12.1 Å². The number of halogens is 3. The smallest absolute Gasteiger partial charge is 0.416 e. The molecule has 27 heavy (non-hydrogen) atoms. The van der Waals surface area contributed by atoms with E-state index in [-0.39, 0.29) is 24.9 Å². The van der Waals surface area contributed by atoms with E-state index >= 15 is 0 Å². The lowest BCUT2D eigenvalue weighted by Crippen LogP contribution is -2.46. The Kier molecular flexibility index (Phi) is 6.25. The summed E-state index contributed by atoms with van der Waals surface area (Å²) >= 11 is 0. The molecule has 1 atom stereocenters. The topological polar surface area (TPSA) is 66.4 Å². The van der Waals surface area contributed by atoms with Crippen LogP contribution in [0.3, 0.4) is 0 Å². The Hall–Kier alpha value is -2.83. The molecule has 0 heterocycles. The molecule has 0 saturated carbocycles. The highest BCUT2D eigenvalue weighted by atomic mass is 19.4. The maximum Gasteiger partial charge on any atom is 0.416 e. The average Bonchev–Trinajstić information content (AvgIpc) is 2.63. The van der Waals surface area contributed by atoms with Crippen molar-refractivity contribution in [2.24, 2.45) is 0 Å². The Morgan fingerprint density at radius 1 is 1.00 bits per heavy atom. The Balaban J connectivity index is 2.12. The monoisotopic (exact) mass is 379 g/mol. The minimum atomic E-state index is -4.49. The van der Waals surface area contributed by atoms with Crippen LogP contribution in [0.2, 0.25) is 0 Å². The van der Waals surface area contributed by atoms with Gasteiger partial charge in [-0.2, -0.15) is 13.2 Å². The maximum atomic E-state index is 12.8. The Bertz CT molecular complexity index is 806. The molecule has 0 fully saturated rings. The third-order valence-corrected chi connectivity index (χ3v) is 4.55. The molecular weight excluding hydrogens is 359 g/mol. The zero-order valence-electron chi connectivity index (χ0n) is 14.7. The summed E-state index contributed by atoms with van der Waals surface area (Å²) in [5.41, 5.74) is -1.37. The molecule has 0 aliphatic heterocycles. The van der Waals surface area contributed by atoms with Crippen molar-refractivity contribution in [2.45, 2.75) is 31.4 Å². The average molecular weight is 379 g/mol. The number of benzene rings is 2. The first kappa shape index (κ1) is 20.5. The largest absolute Gasteiger partial charge is 0.481 e. The van der Waals surface area contributed by atoms with Crippen molar-refractivity contribution in [3.63, 3.8) is 0 Å². The minimum absolute atomic E-state index is 0.152. The van der Waals surface area contributed by atoms with Gasteiger partial charge in [-0.3, -0.25) is 9.59 Å². The number of rotatable bonds is 7. The van der Waals surface area contributed by atoms with E-state index in [4.69, 9.17) is 0 Å². The van der Waals surface area contributed by atoms with Gasteiger partial charge in [0.2, 0.25) is 5.91 Å². The standard InChI is InChI=1S/C20H20F3NO3/c1-2-19(18(26)27,15-8-4-3-5-9-15)13-24-17(25)12-14-7-6-10-16(11-14)20(21,22)23/h3-11H,2,12-13H2,1H3,(H,24,25)(H,26,27). The van der Waals surface area contributed by atoms with Crippen LogP contribution < -0.4 is 5.32 Å². The fourth-order valence-electron chi connectivity index (χ4n) is 2.89. The fraction of sp³-hybridized carbons (Fsp3) is 0.300. The first-order chi connectivity index (χ1) is 12.7. The van der Waals surface area contributed by atoms with Crippen molar-refractivity contribution in [3.8, 4) is 0 Å². The molecule has 4 nitrogen and oxygen atoms in total. The number of hydrogen-bond donors (Lipinski definition) is 2. The van der Waals surface area contributed by atoms with Crippen LogP contribution in [0.15, 0.2) is 54.6 Å². The molecule has 2 aromatic carbocycles. The lowest BCUT2D eigenvalue weighted by Gasteiger charge is -2.29. The van der Waals surface area contributed by atoms with E-state index in [1.54, 1.807) is 37.3 Å². The van der Waals surface area contributed by atoms with E-state index < -0.39 is 29.0 Å². The predicted molar refractivity (Wildman–Crippen MR) is 94.2 cm³/mol. The molecule has 0 aliphatic carbocycles. The first-order valence-electron chi connectivity index (χ1n) is 8.41. The van der Waals surface area contributed by atoms with Gasteiger partial charge < -0.3 is 10.4 Å². The number of nitrogens with one attached hydrogen (secondary N) is 1. The molecule has 7 heteroatoms. The van der Waals surface area contributed by atoms with Crippen LogP contribution in [0.25, 0.3) is 0 Å². The zero-order valence-corrected chi connectivity index (χ0v) is 14.7. The van der Waals surface area contributed by atoms with Gasteiger partial charge in [0.05, 0.1) is 12.0 Å². The molecule has 2 aromatic rings. The molecule has 144 valence electrons. The van der Waals surface area contributed by atoms with E-state index in [0.29, 0.717) is 5.56 Å². The van der Waals surface area contributed by atoms with Gasteiger partial charge in [-0.1, -0.05) is 55.5 Å². The van der Waals surface area contributed by atoms with Gasteiger partial charge in [-0.25, -0.2) is 0 Å². The van der Waals surface area contributed by atoms with Crippen molar-refractivity contribution in [2.75, 3.05) is 6.54 Å². The molecule has 1 unspecified atom stereocenters. The zero-order chi connectivity index (χ0) is 20.1. The highest BCUT2D eigenvalue weighted by molar-refractivity contribution is 5.84. The van der Waals surface area contributed by atoms with Crippen molar-refractivity contribution in [3.05, 3.63) is 71.3 Å². The molecule has 0 aliphatic rings. The van der Waals surface area contributed by atoms with Gasteiger partial charge in [0.1, 0.15) is 5.41 Å². The highest BCUT2D eigenvalue weighted by Crippen LogP contribution is 2.30. The quantitative estimate of drug-likeness (QED) is 0.769. The van der Waals surface area contributed by atoms with Crippen LogP contribution >= 0.6 is 0 Å². The van der Waals surface area contributed by atoms with Crippen LogP contribution in [0, 0.1) is 0 Å². The third kappa shape index (κ3) is 4.87. The van der Waals surface area contributed by atoms with Crippen LogP contribution in [0.1, 0.15) is 30.0 Å². The molecule has 0 bridgehead atoms. The van der Waals surface area contributed by atoms with E-state index in [2.05, 4.69) is 5.32 Å². The van der Waals surface area contributed by atoms with Gasteiger partial charge in [0, 0.05) is 6.54 Å². The number of aliphatic carboxylic acids is 1. The Morgan fingerprint density at radius 2 is 1.63 bits per heavy atom. The van der Waals surface area contributed by atoms with Crippen LogP contribution in [-0.4, -0.2) is 23.5 Å². The molecular formula is C20H20F3NO3. The van der Waals surface area contributed by atoms with Crippen molar-refractivity contribution in [1.82, 2.24) is 5.32 Å². The normalized spacial score (nSPS) is 13.6. The number of hydrogen-bond acceptors (Lipinski definition) is 2. The number of alkyl halides is 3. The third-order valence-electron chi connectivity index (χ3n) is 4.55. The lowest BCUT2D eigenvalue weighted by atomic mass is 9.78. The molecule has 2 rings (SSSR count). The number of carboxylic acids is 1.